The van der Waals surface area contributed by atoms with Crippen LogP contribution >= 0.6 is 0 Å². The molecule has 7 heteroatoms. The van der Waals surface area contributed by atoms with Crippen molar-refractivity contribution in [1.82, 2.24) is 0 Å². The van der Waals surface area contributed by atoms with Crippen LogP contribution in [0.4, 0.5) is 0 Å². The van der Waals surface area contributed by atoms with Crippen molar-refractivity contribution in [2.75, 3.05) is 26.2 Å². The van der Waals surface area contributed by atoms with Crippen LogP contribution < -0.4 is 5.11 Å². The van der Waals surface area contributed by atoms with Gasteiger partial charge in [-0.05, 0) is 57.8 Å². The Kier molecular flexibility index (Phi) is 22.7. The third-order valence-electron chi connectivity index (χ3n) is 8.48. The van der Waals surface area contributed by atoms with Crippen molar-refractivity contribution in [2.45, 2.75) is 137 Å². The lowest BCUT2D eigenvalue weighted by atomic mass is 9.95. The Labute approximate surface area is 245 Å². The van der Waals surface area contributed by atoms with Gasteiger partial charge >= 0.3 is 11.9 Å². The number of carboxylic acid groups (broad SMARTS) is 3. The molecular formula is C33H61NO6. The van der Waals surface area contributed by atoms with Gasteiger partial charge in [-0.3, -0.25) is 9.59 Å². The third kappa shape index (κ3) is 17.7. The number of carbonyl (C=O) groups excluding carboxylic acids is 1. The maximum Gasteiger partial charge on any atom is 0.312 e. The molecule has 0 aliphatic carbocycles. The topological polar surface area (TPSA) is 115 Å². The number of quaternary nitrogens is 1. The molecule has 0 radical (unpaired) electrons. The highest BCUT2D eigenvalue weighted by Crippen LogP contribution is 2.25. The molecule has 0 saturated carbocycles. The second-order valence-corrected chi connectivity index (χ2v) is 11.9. The Bertz CT molecular complexity index is 647. The SMILES string of the molecule is CCCCCCC/C=C/CCCCCCCCC[N+](CC(CC)C(=O)[O-])(CC(CC)C(=O)O)CC(CC)C(=O)O. The average molecular weight is 568 g/mol. The molecule has 0 heterocycles. The number of rotatable bonds is 28. The summed E-state index contributed by atoms with van der Waals surface area (Å²) in [5, 5.41) is 31.4. The first-order valence-corrected chi connectivity index (χ1v) is 16.3. The van der Waals surface area contributed by atoms with Crippen LogP contribution in [-0.4, -0.2) is 58.8 Å². The first-order chi connectivity index (χ1) is 19.2. The average Bonchev–Trinajstić information content (AvgIpc) is 2.92. The van der Waals surface area contributed by atoms with Gasteiger partial charge in [0.1, 0.15) is 11.8 Å². The number of hydrogen-bond donors (Lipinski definition) is 2. The fourth-order valence-corrected chi connectivity index (χ4v) is 5.73. The Hall–Kier alpha value is -1.89. The Morgan fingerprint density at radius 3 is 1.35 bits per heavy atom. The van der Waals surface area contributed by atoms with E-state index in [0.29, 0.717) is 25.8 Å². The molecule has 0 bridgehead atoms. The van der Waals surface area contributed by atoms with E-state index in [1.54, 1.807) is 6.92 Å². The molecule has 0 saturated heterocycles. The predicted octanol–water partition coefficient (Wildman–Crippen LogP) is 6.84. The standard InChI is InChI=1S/C33H61NO6/c1-5-9-10-11-12-13-14-15-16-17-18-19-20-21-22-23-24-34(25-28(6-2)31(35)36,26-29(7-3)32(37)38)27-30(8-4)33(39)40/h14-15,28-30H,5-13,16-27H2,1-4H3,(H2-,35,36,37,38,39,40)/b15-14+. The normalized spacial score (nSPS) is 15.5. The summed E-state index contributed by atoms with van der Waals surface area (Å²) in [6, 6.07) is 0. The van der Waals surface area contributed by atoms with Crippen molar-refractivity contribution >= 4 is 17.9 Å². The van der Waals surface area contributed by atoms with E-state index in [4.69, 9.17) is 0 Å². The summed E-state index contributed by atoms with van der Waals surface area (Å²) in [6.07, 6.45) is 22.5. The molecule has 0 rings (SSSR count). The number of carboxylic acids is 3. The van der Waals surface area contributed by atoms with Gasteiger partial charge < -0.3 is 24.6 Å². The van der Waals surface area contributed by atoms with Crippen LogP contribution in [0.15, 0.2) is 12.2 Å². The lowest BCUT2D eigenvalue weighted by Gasteiger charge is -2.44. The Morgan fingerprint density at radius 1 is 0.600 bits per heavy atom. The van der Waals surface area contributed by atoms with Crippen molar-refractivity contribution < 1.29 is 34.2 Å². The van der Waals surface area contributed by atoms with Gasteiger partial charge in [0.15, 0.2) is 0 Å². The third-order valence-corrected chi connectivity index (χ3v) is 8.48. The zero-order valence-corrected chi connectivity index (χ0v) is 26.2. The van der Waals surface area contributed by atoms with Crippen LogP contribution in [0, 0.1) is 17.8 Å². The molecule has 0 aromatic heterocycles. The number of allylic oxidation sites excluding steroid dienone is 2. The monoisotopic (exact) mass is 567 g/mol. The second kappa shape index (κ2) is 23.8. The Morgan fingerprint density at radius 2 is 0.975 bits per heavy atom. The summed E-state index contributed by atoms with van der Waals surface area (Å²) in [4.78, 5) is 35.8. The van der Waals surface area contributed by atoms with Gasteiger partial charge in [0.25, 0.3) is 0 Å². The maximum absolute atomic E-state index is 12.0. The van der Waals surface area contributed by atoms with Crippen molar-refractivity contribution in [1.29, 1.82) is 0 Å². The molecule has 0 spiro atoms. The lowest BCUT2D eigenvalue weighted by Crippen LogP contribution is -2.59. The molecule has 0 aliphatic rings. The highest BCUT2D eigenvalue weighted by atomic mass is 16.4. The fraction of sp³-hybridized carbons (Fsp3) is 0.848. The molecular weight excluding hydrogens is 506 g/mol. The van der Waals surface area contributed by atoms with Crippen molar-refractivity contribution in [2.24, 2.45) is 17.8 Å². The summed E-state index contributed by atoms with van der Waals surface area (Å²) in [5.74, 6) is -4.96. The summed E-state index contributed by atoms with van der Waals surface area (Å²) in [7, 11) is 0. The quantitative estimate of drug-likeness (QED) is 0.0608. The molecule has 0 amide bonds. The van der Waals surface area contributed by atoms with Gasteiger partial charge in [0.2, 0.25) is 0 Å². The molecule has 40 heavy (non-hydrogen) atoms. The zero-order valence-electron chi connectivity index (χ0n) is 26.2. The van der Waals surface area contributed by atoms with Crippen LogP contribution in [0.1, 0.15) is 137 Å². The van der Waals surface area contributed by atoms with E-state index >= 15 is 0 Å². The number of nitrogens with zero attached hydrogens (tertiary/aromatic N) is 1. The molecule has 0 aromatic carbocycles. The molecule has 3 unspecified atom stereocenters. The van der Waals surface area contributed by atoms with Gasteiger partial charge in [-0.2, -0.15) is 0 Å². The van der Waals surface area contributed by atoms with E-state index in [1.807, 2.05) is 13.8 Å². The smallest absolute Gasteiger partial charge is 0.312 e. The summed E-state index contributed by atoms with van der Waals surface area (Å²) in [6.45, 7) is 9.01. The van der Waals surface area contributed by atoms with E-state index in [9.17, 15) is 29.7 Å². The molecule has 2 N–H and O–H groups in total. The minimum atomic E-state index is -1.14. The lowest BCUT2D eigenvalue weighted by molar-refractivity contribution is -0.935. The molecule has 0 aromatic rings. The minimum absolute atomic E-state index is 0.215. The predicted molar refractivity (Wildman–Crippen MR) is 161 cm³/mol. The van der Waals surface area contributed by atoms with Crippen molar-refractivity contribution in [3.05, 3.63) is 12.2 Å². The summed E-state index contributed by atoms with van der Waals surface area (Å²) >= 11 is 0. The highest BCUT2D eigenvalue weighted by Gasteiger charge is 2.39. The second-order valence-electron chi connectivity index (χ2n) is 11.9. The maximum atomic E-state index is 12.0. The van der Waals surface area contributed by atoms with E-state index in [2.05, 4.69) is 19.1 Å². The van der Waals surface area contributed by atoms with Crippen LogP contribution in [-0.2, 0) is 14.4 Å². The van der Waals surface area contributed by atoms with E-state index < -0.39 is 35.7 Å². The molecule has 234 valence electrons. The molecule has 0 aliphatic heterocycles. The van der Waals surface area contributed by atoms with Gasteiger partial charge in [0, 0.05) is 5.92 Å². The molecule has 7 nitrogen and oxygen atoms in total. The van der Waals surface area contributed by atoms with E-state index in [1.165, 1.54) is 57.8 Å². The first-order valence-electron chi connectivity index (χ1n) is 16.3. The molecule has 0 fully saturated rings. The van der Waals surface area contributed by atoms with Gasteiger partial charge in [-0.25, -0.2) is 0 Å². The summed E-state index contributed by atoms with van der Waals surface area (Å²) < 4.78 is 0.215. The fourth-order valence-electron chi connectivity index (χ4n) is 5.73. The number of hydrogen-bond acceptors (Lipinski definition) is 4. The van der Waals surface area contributed by atoms with Crippen molar-refractivity contribution in [3.8, 4) is 0 Å². The first kappa shape index (κ1) is 38.1. The highest BCUT2D eigenvalue weighted by molar-refractivity contribution is 5.70. The van der Waals surface area contributed by atoms with Crippen LogP contribution in [0.3, 0.4) is 0 Å². The van der Waals surface area contributed by atoms with E-state index in [-0.39, 0.29) is 24.1 Å². The summed E-state index contributed by atoms with van der Waals surface area (Å²) in [5.41, 5.74) is 0. The van der Waals surface area contributed by atoms with Crippen LogP contribution in [0.2, 0.25) is 0 Å². The molecule has 3 atom stereocenters. The Balaban J connectivity index is 4.89. The van der Waals surface area contributed by atoms with Gasteiger partial charge in [0.05, 0.1) is 32.1 Å². The van der Waals surface area contributed by atoms with E-state index in [0.717, 1.165) is 32.1 Å². The zero-order chi connectivity index (χ0) is 30.2. The minimum Gasteiger partial charge on any atom is -0.550 e. The van der Waals surface area contributed by atoms with Gasteiger partial charge in [-0.1, -0.05) is 91.2 Å². The number of unbranched alkanes of at least 4 members (excludes halogenated alkanes) is 12. The van der Waals surface area contributed by atoms with Crippen LogP contribution in [0.5, 0.6) is 0 Å². The number of aliphatic carboxylic acids is 3. The van der Waals surface area contributed by atoms with Crippen molar-refractivity contribution in [3.63, 3.8) is 0 Å². The van der Waals surface area contributed by atoms with Crippen LogP contribution in [0.25, 0.3) is 0 Å². The largest absolute Gasteiger partial charge is 0.550 e. The number of carbonyl (C=O) groups is 3. The van der Waals surface area contributed by atoms with Gasteiger partial charge in [-0.15, -0.1) is 0 Å².